The standard InChI is InChI=1S/C15H10INO2/c16-13-5-3-12(4-6-13)15(18)10-19-14-7-1-11(9-17)2-8-14/h1-8H,10H2. The summed E-state index contributed by atoms with van der Waals surface area (Å²) in [5.41, 5.74) is 1.20. The van der Waals surface area contributed by atoms with E-state index in [2.05, 4.69) is 22.6 Å². The number of nitriles is 1. The normalized spacial score (nSPS) is 9.68. The quantitative estimate of drug-likeness (QED) is 0.618. The number of ketones is 1. The average molecular weight is 363 g/mol. The fraction of sp³-hybridized carbons (Fsp3) is 0.0667. The zero-order chi connectivity index (χ0) is 13.7. The lowest BCUT2D eigenvalue weighted by molar-refractivity contribution is 0.0921. The van der Waals surface area contributed by atoms with Gasteiger partial charge in [0.25, 0.3) is 0 Å². The lowest BCUT2D eigenvalue weighted by atomic mass is 10.1. The Morgan fingerprint density at radius 2 is 1.74 bits per heavy atom. The predicted octanol–water partition coefficient (Wildman–Crippen LogP) is 3.42. The highest BCUT2D eigenvalue weighted by molar-refractivity contribution is 14.1. The van der Waals surface area contributed by atoms with Gasteiger partial charge in [-0.2, -0.15) is 5.26 Å². The summed E-state index contributed by atoms with van der Waals surface area (Å²) in [5.74, 6) is 0.513. The highest BCUT2D eigenvalue weighted by Crippen LogP contribution is 2.13. The number of carbonyl (C=O) groups excluding carboxylic acids is 1. The van der Waals surface area contributed by atoms with E-state index < -0.39 is 0 Å². The number of benzene rings is 2. The molecule has 0 amide bonds. The van der Waals surface area contributed by atoms with Crippen molar-refractivity contribution in [2.24, 2.45) is 0 Å². The van der Waals surface area contributed by atoms with Crippen molar-refractivity contribution in [3.05, 3.63) is 63.2 Å². The van der Waals surface area contributed by atoms with Gasteiger partial charge < -0.3 is 4.74 Å². The van der Waals surface area contributed by atoms with Crippen LogP contribution in [-0.4, -0.2) is 12.4 Å². The van der Waals surface area contributed by atoms with Crippen LogP contribution in [0.4, 0.5) is 0 Å². The molecular weight excluding hydrogens is 353 g/mol. The van der Waals surface area contributed by atoms with Crippen LogP contribution < -0.4 is 4.74 Å². The Morgan fingerprint density at radius 1 is 1.11 bits per heavy atom. The lowest BCUT2D eigenvalue weighted by Gasteiger charge is -2.05. The van der Waals surface area contributed by atoms with Gasteiger partial charge >= 0.3 is 0 Å². The zero-order valence-corrected chi connectivity index (χ0v) is 12.1. The molecule has 0 aromatic heterocycles. The van der Waals surface area contributed by atoms with E-state index in [9.17, 15) is 4.79 Å². The number of nitrogens with zero attached hydrogens (tertiary/aromatic N) is 1. The van der Waals surface area contributed by atoms with Gasteiger partial charge in [-0.1, -0.05) is 12.1 Å². The predicted molar refractivity (Wildman–Crippen MR) is 80.1 cm³/mol. The van der Waals surface area contributed by atoms with Crippen molar-refractivity contribution in [3.63, 3.8) is 0 Å². The maximum atomic E-state index is 11.9. The third kappa shape index (κ3) is 3.80. The highest BCUT2D eigenvalue weighted by atomic mass is 127. The number of hydrogen-bond acceptors (Lipinski definition) is 3. The summed E-state index contributed by atoms with van der Waals surface area (Å²) in [5, 5.41) is 8.67. The molecule has 0 fully saturated rings. The summed E-state index contributed by atoms with van der Waals surface area (Å²) in [4.78, 5) is 11.9. The van der Waals surface area contributed by atoms with Gasteiger partial charge in [-0.25, -0.2) is 0 Å². The maximum absolute atomic E-state index is 11.9. The first-order valence-corrected chi connectivity index (χ1v) is 6.68. The molecule has 2 aromatic carbocycles. The Hall–Kier alpha value is -1.87. The fourth-order valence-electron chi connectivity index (χ4n) is 1.49. The number of ether oxygens (including phenoxy) is 1. The van der Waals surface area contributed by atoms with Gasteiger partial charge in [-0.3, -0.25) is 4.79 Å². The molecule has 3 nitrogen and oxygen atoms in total. The van der Waals surface area contributed by atoms with E-state index in [1.807, 2.05) is 18.2 Å². The Bertz CT molecular complexity index is 612. The minimum atomic E-state index is -0.0687. The van der Waals surface area contributed by atoms with Crippen LogP contribution in [0.2, 0.25) is 0 Å². The number of halogens is 1. The van der Waals surface area contributed by atoms with E-state index in [0.717, 1.165) is 3.57 Å². The Kier molecular flexibility index (Phi) is 4.53. The molecule has 0 N–H and O–H groups in total. The molecule has 0 aliphatic rings. The molecule has 0 bridgehead atoms. The van der Waals surface area contributed by atoms with Crippen molar-refractivity contribution in [1.82, 2.24) is 0 Å². The van der Waals surface area contributed by atoms with Crippen LogP contribution in [0, 0.1) is 14.9 Å². The number of Topliss-reactive ketones (excluding diaryl/α,β-unsaturated/α-hetero) is 1. The third-order valence-corrected chi connectivity index (χ3v) is 3.24. The van der Waals surface area contributed by atoms with Crippen LogP contribution in [0.1, 0.15) is 15.9 Å². The van der Waals surface area contributed by atoms with E-state index >= 15 is 0 Å². The molecule has 2 rings (SSSR count). The zero-order valence-electron chi connectivity index (χ0n) is 9.97. The van der Waals surface area contributed by atoms with Crippen molar-refractivity contribution in [3.8, 4) is 11.8 Å². The molecule has 0 aliphatic heterocycles. The molecule has 94 valence electrons. The number of rotatable bonds is 4. The second-order valence-corrected chi connectivity index (χ2v) is 5.10. The fourth-order valence-corrected chi connectivity index (χ4v) is 1.85. The van der Waals surface area contributed by atoms with Gasteiger partial charge in [0.2, 0.25) is 0 Å². The summed E-state index contributed by atoms with van der Waals surface area (Å²) in [7, 11) is 0. The van der Waals surface area contributed by atoms with Crippen LogP contribution >= 0.6 is 22.6 Å². The SMILES string of the molecule is N#Cc1ccc(OCC(=O)c2ccc(I)cc2)cc1. The molecule has 0 radical (unpaired) electrons. The van der Waals surface area contributed by atoms with E-state index in [0.29, 0.717) is 16.9 Å². The second kappa shape index (κ2) is 6.34. The molecule has 4 heteroatoms. The lowest BCUT2D eigenvalue weighted by Crippen LogP contribution is -2.11. The second-order valence-electron chi connectivity index (χ2n) is 3.85. The van der Waals surface area contributed by atoms with E-state index in [1.54, 1.807) is 36.4 Å². The van der Waals surface area contributed by atoms with Crippen LogP contribution in [0.15, 0.2) is 48.5 Å². The highest BCUT2D eigenvalue weighted by Gasteiger charge is 2.06. The molecule has 0 saturated carbocycles. The van der Waals surface area contributed by atoms with Crippen LogP contribution in [0.25, 0.3) is 0 Å². The van der Waals surface area contributed by atoms with E-state index in [4.69, 9.17) is 10.00 Å². The van der Waals surface area contributed by atoms with Crippen molar-refractivity contribution < 1.29 is 9.53 Å². The van der Waals surface area contributed by atoms with Gasteiger partial charge in [-0.15, -0.1) is 0 Å². The molecule has 0 unspecified atom stereocenters. The van der Waals surface area contributed by atoms with Gasteiger partial charge in [0.05, 0.1) is 11.6 Å². The summed E-state index contributed by atoms with van der Waals surface area (Å²) >= 11 is 2.19. The summed E-state index contributed by atoms with van der Waals surface area (Å²) in [6.45, 7) is -0.00745. The van der Waals surface area contributed by atoms with Crippen molar-refractivity contribution in [1.29, 1.82) is 5.26 Å². The Morgan fingerprint density at radius 3 is 2.32 bits per heavy atom. The Balaban J connectivity index is 1.96. The molecule has 0 heterocycles. The summed E-state index contributed by atoms with van der Waals surface area (Å²) in [6, 6.07) is 16.0. The largest absolute Gasteiger partial charge is 0.485 e. The number of hydrogen-bond donors (Lipinski definition) is 0. The van der Waals surface area contributed by atoms with Crippen molar-refractivity contribution in [2.45, 2.75) is 0 Å². The smallest absolute Gasteiger partial charge is 0.200 e. The van der Waals surface area contributed by atoms with Crippen LogP contribution in [-0.2, 0) is 0 Å². The minimum Gasteiger partial charge on any atom is -0.485 e. The average Bonchev–Trinajstić information content (AvgIpc) is 2.46. The van der Waals surface area contributed by atoms with Crippen molar-refractivity contribution in [2.75, 3.05) is 6.61 Å². The summed E-state index contributed by atoms with van der Waals surface area (Å²) < 4.78 is 6.48. The third-order valence-electron chi connectivity index (χ3n) is 2.52. The molecule has 19 heavy (non-hydrogen) atoms. The Labute approximate surface area is 125 Å². The van der Waals surface area contributed by atoms with Gasteiger partial charge in [0.15, 0.2) is 12.4 Å². The van der Waals surface area contributed by atoms with Gasteiger partial charge in [0, 0.05) is 9.13 Å². The first-order valence-electron chi connectivity index (χ1n) is 5.61. The van der Waals surface area contributed by atoms with Crippen LogP contribution in [0.5, 0.6) is 5.75 Å². The van der Waals surface area contributed by atoms with E-state index in [1.165, 1.54) is 0 Å². The first-order chi connectivity index (χ1) is 9.19. The molecule has 0 atom stereocenters. The molecule has 0 aliphatic carbocycles. The molecular formula is C15H10INO2. The summed E-state index contributed by atoms with van der Waals surface area (Å²) in [6.07, 6.45) is 0. The van der Waals surface area contributed by atoms with Gasteiger partial charge in [-0.05, 0) is 59.0 Å². The first kappa shape index (κ1) is 13.6. The van der Waals surface area contributed by atoms with Gasteiger partial charge in [0.1, 0.15) is 5.75 Å². The van der Waals surface area contributed by atoms with Crippen molar-refractivity contribution >= 4 is 28.4 Å². The maximum Gasteiger partial charge on any atom is 0.200 e. The molecule has 2 aromatic rings. The molecule has 0 spiro atoms. The van der Waals surface area contributed by atoms with Crippen LogP contribution in [0.3, 0.4) is 0 Å². The monoisotopic (exact) mass is 363 g/mol. The van der Waals surface area contributed by atoms with E-state index in [-0.39, 0.29) is 12.4 Å². The minimum absolute atomic E-state index is 0.00745. The topological polar surface area (TPSA) is 50.1 Å². The molecule has 0 saturated heterocycles. The number of carbonyl (C=O) groups is 1.